The minimum Gasteiger partial charge on any atom is -0.493 e. The molecule has 158 valence electrons. The maximum atomic E-state index is 12.6. The molecule has 3 rings (SSSR count). The van der Waals surface area contributed by atoms with Crippen molar-refractivity contribution in [3.63, 3.8) is 0 Å². The predicted octanol–water partition coefficient (Wildman–Crippen LogP) is 2.72. The number of rotatable bonds is 7. The van der Waals surface area contributed by atoms with Crippen molar-refractivity contribution in [3.8, 4) is 17.6 Å². The van der Waals surface area contributed by atoms with E-state index in [0.717, 1.165) is 44.2 Å². The molecule has 0 unspecified atom stereocenters. The van der Waals surface area contributed by atoms with Crippen molar-refractivity contribution >= 4 is 11.6 Å². The van der Waals surface area contributed by atoms with Gasteiger partial charge in [0.1, 0.15) is 0 Å². The molecule has 0 saturated carbocycles. The minimum absolute atomic E-state index is 0.0342. The Bertz CT molecular complexity index is 900. The summed E-state index contributed by atoms with van der Waals surface area (Å²) in [5.74, 6) is 1.43. The molecule has 0 bridgehead atoms. The van der Waals surface area contributed by atoms with Crippen molar-refractivity contribution in [2.45, 2.75) is 19.5 Å². The van der Waals surface area contributed by atoms with Crippen molar-refractivity contribution in [2.75, 3.05) is 45.7 Å². The first-order valence-corrected chi connectivity index (χ1v) is 10.0. The molecule has 1 fully saturated rings. The van der Waals surface area contributed by atoms with Gasteiger partial charge >= 0.3 is 0 Å². The average Bonchev–Trinajstić information content (AvgIpc) is 2.79. The molecule has 0 spiro atoms. The summed E-state index contributed by atoms with van der Waals surface area (Å²) in [6.07, 6.45) is 0. The van der Waals surface area contributed by atoms with E-state index in [4.69, 9.17) is 14.7 Å². The number of ether oxygens (including phenoxy) is 2. The lowest BCUT2D eigenvalue weighted by Crippen LogP contribution is -2.52. The van der Waals surface area contributed by atoms with E-state index in [0.29, 0.717) is 11.3 Å². The van der Waals surface area contributed by atoms with Gasteiger partial charge in [0, 0.05) is 38.4 Å². The van der Waals surface area contributed by atoms with E-state index in [1.807, 2.05) is 19.1 Å². The lowest BCUT2D eigenvalue weighted by Gasteiger charge is -2.37. The number of carbonyl (C=O) groups is 1. The van der Waals surface area contributed by atoms with Gasteiger partial charge in [0.05, 0.1) is 31.9 Å². The summed E-state index contributed by atoms with van der Waals surface area (Å²) >= 11 is 0. The fourth-order valence-corrected chi connectivity index (χ4v) is 3.59. The second-order valence-electron chi connectivity index (χ2n) is 7.36. The number of methoxy groups -OCH3 is 2. The lowest BCUT2D eigenvalue weighted by molar-refractivity contribution is -0.121. The third-order valence-electron chi connectivity index (χ3n) is 5.47. The average molecular weight is 409 g/mol. The van der Waals surface area contributed by atoms with Crippen LogP contribution in [0.25, 0.3) is 0 Å². The van der Waals surface area contributed by atoms with E-state index in [1.165, 1.54) is 5.56 Å². The minimum atomic E-state index is -0.219. The van der Waals surface area contributed by atoms with E-state index in [1.54, 1.807) is 38.5 Å². The van der Waals surface area contributed by atoms with E-state index < -0.39 is 0 Å². The Labute approximate surface area is 177 Å². The topological polar surface area (TPSA) is 77.8 Å². The highest BCUT2D eigenvalue weighted by molar-refractivity contribution is 5.94. The fourth-order valence-electron chi connectivity index (χ4n) is 3.59. The monoisotopic (exact) mass is 408 g/mol. The number of nitrogens with one attached hydrogen (secondary N) is 1. The molecular weight excluding hydrogens is 380 g/mol. The zero-order valence-corrected chi connectivity index (χ0v) is 17.7. The summed E-state index contributed by atoms with van der Waals surface area (Å²) in [5, 5.41) is 11.8. The second-order valence-corrected chi connectivity index (χ2v) is 7.36. The zero-order chi connectivity index (χ0) is 21.5. The molecule has 1 aliphatic heterocycles. The molecule has 0 radical (unpaired) electrons. The quantitative estimate of drug-likeness (QED) is 0.759. The zero-order valence-electron chi connectivity index (χ0n) is 17.7. The molecule has 1 saturated heterocycles. The summed E-state index contributed by atoms with van der Waals surface area (Å²) in [5.41, 5.74) is 2.46. The number of amides is 1. The Morgan fingerprint density at radius 3 is 2.33 bits per heavy atom. The van der Waals surface area contributed by atoms with Crippen LogP contribution < -0.4 is 14.8 Å². The highest BCUT2D eigenvalue weighted by Gasteiger charge is 2.25. The number of piperazine rings is 1. The van der Waals surface area contributed by atoms with Gasteiger partial charge in [-0.3, -0.25) is 14.6 Å². The molecular formula is C23H28N4O3. The van der Waals surface area contributed by atoms with E-state index >= 15 is 0 Å². The summed E-state index contributed by atoms with van der Waals surface area (Å²) in [7, 11) is 3.28. The van der Waals surface area contributed by atoms with E-state index in [9.17, 15) is 4.79 Å². The molecule has 1 atom stereocenters. The summed E-state index contributed by atoms with van der Waals surface area (Å²) < 4.78 is 10.7. The Kier molecular flexibility index (Phi) is 7.28. The number of nitrogens with zero attached hydrogens (tertiary/aromatic N) is 3. The van der Waals surface area contributed by atoms with Crippen LogP contribution in [0.15, 0.2) is 42.5 Å². The van der Waals surface area contributed by atoms with Crippen LogP contribution in [0, 0.1) is 11.3 Å². The molecule has 1 heterocycles. The molecule has 1 aliphatic rings. The van der Waals surface area contributed by atoms with E-state index in [-0.39, 0.29) is 11.9 Å². The summed E-state index contributed by atoms with van der Waals surface area (Å²) in [4.78, 5) is 17.2. The van der Waals surface area contributed by atoms with Crippen LogP contribution >= 0.6 is 0 Å². The van der Waals surface area contributed by atoms with Crippen LogP contribution in [0.2, 0.25) is 0 Å². The van der Waals surface area contributed by atoms with Gasteiger partial charge in [0.25, 0.3) is 0 Å². The van der Waals surface area contributed by atoms with Crippen LogP contribution in [-0.4, -0.2) is 62.1 Å². The summed E-state index contributed by atoms with van der Waals surface area (Å²) in [6.45, 7) is 6.21. The number of benzene rings is 2. The van der Waals surface area contributed by atoms with Crippen molar-refractivity contribution in [2.24, 2.45) is 0 Å². The maximum Gasteiger partial charge on any atom is 0.241 e. The van der Waals surface area contributed by atoms with Crippen molar-refractivity contribution in [3.05, 3.63) is 53.6 Å². The van der Waals surface area contributed by atoms with Crippen molar-refractivity contribution in [1.29, 1.82) is 5.26 Å². The number of hydrogen-bond donors (Lipinski definition) is 1. The number of carbonyl (C=O) groups excluding carboxylic acids is 1. The van der Waals surface area contributed by atoms with Crippen LogP contribution in [0.5, 0.6) is 11.5 Å². The Morgan fingerprint density at radius 2 is 1.73 bits per heavy atom. The molecule has 2 aromatic carbocycles. The van der Waals surface area contributed by atoms with Gasteiger partial charge in [0.2, 0.25) is 5.91 Å². The molecule has 0 aromatic heterocycles. The van der Waals surface area contributed by atoms with Crippen LogP contribution in [0.3, 0.4) is 0 Å². The lowest BCUT2D eigenvalue weighted by atomic mass is 10.1. The summed E-state index contributed by atoms with van der Waals surface area (Å²) in [6, 6.07) is 14.8. The van der Waals surface area contributed by atoms with Crippen molar-refractivity contribution in [1.82, 2.24) is 9.80 Å². The first kappa shape index (κ1) is 21.6. The normalized spacial score (nSPS) is 15.8. The molecule has 7 nitrogen and oxygen atoms in total. The fraction of sp³-hybridized carbons (Fsp3) is 0.391. The SMILES string of the molecule is COc1ccc(CN2CCN([C@@H](C)C(=O)Nc3ccc(C#N)cc3)CC2)cc1OC. The second kappa shape index (κ2) is 10.1. The first-order chi connectivity index (χ1) is 14.5. The number of nitriles is 1. The predicted molar refractivity (Wildman–Crippen MR) is 116 cm³/mol. The van der Waals surface area contributed by atoms with Crippen LogP contribution in [0.4, 0.5) is 5.69 Å². The van der Waals surface area contributed by atoms with Crippen molar-refractivity contribution < 1.29 is 14.3 Å². The molecule has 1 N–H and O–H groups in total. The van der Waals surface area contributed by atoms with Gasteiger partial charge in [-0.25, -0.2) is 0 Å². The standard InChI is InChI=1S/C23H28N4O3/c1-17(23(28)25-20-7-4-18(15-24)5-8-20)27-12-10-26(11-13-27)16-19-6-9-21(29-2)22(14-19)30-3/h4-9,14,17H,10-13,16H2,1-3H3,(H,25,28)/t17-/m0/s1. The number of anilines is 1. The van der Waals surface area contributed by atoms with Gasteiger partial charge in [0.15, 0.2) is 11.5 Å². The van der Waals surface area contributed by atoms with Gasteiger partial charge in [-0.1, -0.05) is 6.07 Å². The first-order valence-electron chi connectivity index (χ1n) is 10.0. The maximum absolute atomic E-state index is 12.6. The Hall–Kier alpha value is -3.08. The third-order valence-corrected chi connectivity index (χ3v) is 5.47. The smallest absolute Gasteiger partial charge is 0.241 e. The third kappa shape index (κ3) is 5.29. The van der Waals surface area contributed by atoms with Gasteiger partial charge in [-0.2, -0.15) is 5.26 Å². The molecule has 2 aromatic rings. The molecule has 1 amide bonds. The molecule has 30 heavy (non-hydrogen) atoms. The Balaban J connectivity index is 1.50. The largest absolute Gasteiger partial charge is 0.493 e. The number of hydrogen-bond acceptors (Lipinski definition) is 6. The van der Waals surface area contributed by atoms with E-state index in [2.05, 4.69) is 27.3 Å². The van der Waals surface area contributed by atoms with Crippen LogP contribution in [0.1, 0.15) is 18.1 Å². The van der Waals surface area contributed by atoms with Gasteiger partial charge < -0.3 is 14.8 Å². The van der Waals surface area contributed by atoms with Gasteiger partial charge in [-0.15, -0.1) is 0 Å². The van der Waals surface area contributed by atoms with Crippen LogP contribution in [-0.2, 0) is 11.3 Å². The molecule has 7 heteroatoms. The highest BCUT2D eigenvalue weighted by Crippen LogP contribution is 2.28. The Morgan fingerprint density at radius 1 is 1.07 bits per heavy atom. The highest BCUT2D eigenvalue weighted by atomic mass is 16.5. The molecule has 0 aliphatic carbocycles. The van der Waals surface area contributed by atoms with Gasteiger partial charge in [-0.05, 0) is 48.9 Å².